The predicted molar refractivity (Wildman–Crippen MR) is 70.0 cm³/mol. The molecule has 2 aromatic heterocycles. The molecule has 0 atom stereocenters. The van der Waals surface area contributed by atoms with Gasteiger partial charge in [-0.1, -0.05) is 6.92 Å². The molecule has 0 aliphatic rings. The standard InChI is InChI=1S/C12H13N3O2S/c1-2-8-3-4-9(18-8)7-13-11-6-5-10(12(16)17)14-15-11/h3-6H,2,7H2,1H3,(H,13,15)(H,16,17). The number of anilines is 1. The summed E-state index contributed by atoms with van der Waals surface area (Å²) in [6, 6.07) is 7.24. The van der Waals surface area contributed by atoms with Crippen molar-refractivity contribution in [2.45, 2.75) is 19.9 Å². The van der Waals surface area contributed by atoms with Gasteiger partial charge in [0, 0.05) is 9.75 Å². The first-order chi connectivity index (χ1) is 8.69. The summed E-state index contributed by atoms with van der Waals surface area (Å²) >= 11 is 1.76. The normalized spacial score (nSPS) is 10.3. The topological polar surface area (TPSA) is 75.1 Å². The van der Waals surface area contributed by atoms with Crippen molar-refractivity contribution < 1.29 is 9.90 Å². The fourth-order valence-electron chi connectivity index (χ4n) is 1.43. The first-order valence-electron chi connectivity index (χ1n) is 5.57. The monoisotopic (exact) mass is 263 g/mol. The smallest absolute Gasteiger partial charge is 0.356 e. The van der Waals surface area contributed by atoms with Crippen LogP contribution in [-0.4, -0.2) is 21.3 Å². The summed E-state index contributed by atoms with van der Waals surface area (Å²) in [5.74, 6) is -0.494. The lowest BCUT2D eigenvalue weighted by molar-refractivity contribution is 0.0689. The van der Waals surface area contributed by atoms with Crippen molar-refractivity contribution in [3.8, 4) is 0 Å². The number of aromatic nitrogens is 2. The third-order valence-corrected chi connectivity index (χ3v) is 3.62. The highest BCUT2D eigenvalue weighted by Crippen LogP contribution is 2.17. The molecule has 0 unspecified atom stereocenters. The predicted octanol–water partition coefficient (Wildman–Crippen LogP) is 2.41. The largest absolute Gasteiger partial charge is 0.476 e. The highest BCUT2D eigenvalue weighted by atomic mass is 32.1. The van der Waals surface area contributed by atoms with Crippen LogP contribution in [0.5, 0.6) is 0 Å². The Morgan fingerprint density at radius 2 is 2.06 bits per heavy atom. The molecule has 2 N–H and O–H groups in total. The molecule has 0 radical (unpaired) electrons. The third-order valence-electron chi connectivity index (χ3n) is 2.39. The van der Waals surface area contributed by atoms with Crippen molar-refractivity contribution in [1.29, 1.82) is 0 Å². The number of nitrogens with zero attached hydrogens (tertiary/aromatic N) is 2. The molecule has 94 valence electrons. The zero-order valence-corrected chi connectivity index (χ0v) is 10.7. The van der Waals surface area contributed by atoms with E-state index >= 15 is 0 Å². The third kappa shape index (κ3) is 3.04. The average Bonchev–Trinajstić information content (AvgIpc) is 2.85. The van der Waals surface area contributed by atoms with Crippen molar-refractivity contribution in [2.24, 2.45) is 0 Å². The van der Waals surface area contributed by atoms with E-state index in [1.54, 1.807) is 17.4 Å². The second kappa shape index (κ2) is 5.59. The van der Waals surface area contributed by atoms with Crippen LogP contribution in [0, 0.1) is 0 Å². The number of hydrogen-bond acceptors (Lipinski definition) is 5. The van der Waals surface area contributed by atoms with Crippen LogP contribution in [0.4, 0.5) is 5.82 Å². The Labute approximate surface area is 109 Å². The van der Waals surface area contributed by atoms with E-state index in [4.69, 9.17) is 5.11 Å². The maximum Gasteiger partial charge on any atom is 0.356 e. The van der Waals surface area contributed by atoms with E-state index in [0.29, 0.717) is 12.4 Å². The Morgan fingerprint density at radius 1 is 1.28 bits per heavy atom. The number of rotatable bonds is 5. The van der Waals surface area contributed by atoms with E-state index in [1.807, 2.05) is 0 Å². The van der Waals surface area contributed by atoms with Crippen molar-refractivity contribution in [1.82, 2.24) is 10.2 Å². The number of hydrogen-bond donors (Lipinski definition) is 2. The fraction of sp³-hybridized carbons (Fsp3) is 0.250. The summed E-state index contributed by atoms with van der Waals surface area (Å²) < 4.78 is 0. The van der Waals surface area contributed by atoms with Crippen LogP contribution in [0.15, 0.2) is 24.3 Å². The summed E-state index contributed by atoms with van der Waals surface area (Å²) in [6.07, 6.45) is 1.04. The maximum atomic E-state index is 10.6. The molecular formula is C12H13N3O2S. The number of nitrogens with one attached hydrogen (secondary N) is 1. The van der Waals surface area contributed by atoms with Gasteiger partial charge in [-0.3, -0.25) is 0 Å². The molecule has 5 nitrogen and oxygen atoms in total. The maximum absolute atomic E-state index is 10.6. The zero-order chi connectivity index (χ0) is 13.0. The Hall–Kier alpha value is -1.95. The summed E-state index contributed by atoms with van der Waals surface area (Å²) in [7, 11) is 0. The Morgan fingerprint density at radius 3 is 2.61 bits per heavy atom. The molecule has 2 aromatic rings. The lowest BCUT2D eigenvalue weighted by Crippen LogP contribution is -2.05. The Bertz CT molecular complexity index is 537. The second-order valence-corrected chi connectivity index (χ2v) is 4.94. The number of carboxylic acid groups (broad SMARTS) is 1. The van der Waals surface area contributed by atoms with Gasteiger partial charge in [0.1, 0.15) is 5.82 Å². The minimum Gasteiger partial charge on any atom is -0.476 e. The summed E-state index contributed by atoms with van der Waals surface area (Å²) in [5.41, 5.74) is -0.0510. The first-order valence-corrected chi connectivity index (χ1v) is 6.39. The van der Waals surface area contributed by atoms with Crippen molar-refractivity contribution in [3.63, 3.8) is 0 Å². The molecule has 0 aliphatic heterocycles. The van der Waals surface area contributed by atoms with Gasteiger partial charge in [0.2, 0.25) is 0 Å². The van der Waals surface area contributed by atoms with E-state index in [-0.39, 0.29) is 5.69 Å². The first kappa shape index (κ1) is 12.5. The van der Waals surface area contributed by atoms with Gasteiger partial charge in [0.25, 0.3) is 0 Å². The molecule has 0 bridgehead atoms. The number of aryl methyl sites for hydroxylation is 1. The van der Waals surface area contributed by atoms with Gasteiger partial charge in [-0.25, -0.2) is 4.79 Å². The van der Waals surface area contributed by atoms with Crippen LogP contribution >= 0.6 is 11.3 Å². The zero-order valence-electron chi connectivity index (χ0n) is 9.88. The van der Waals surface area contributed by atoms with Crippen LogP contribution < -0.4 is 5.32 Å². The van der Waals surface area contributed by atoms with Gasteiger partial charge in [-0.2, -0.15) is 0 Å². The van der Waals surface area contributed by atoms with Crippen LogP contribution in [0.2, 0.25) is 0 Å². The molecule has 0 amide bonds. The van der Waals surface area contributed by atoms with Crippen molar-refractivity contribution in [2.75, 3.05) is 5.32 Å². The van der Waals surface area contributed by atoms with Gasteiger partial charge < -0.3 is 10.4 Å². The number of aromatic carboxylic acids is 1. The van der Waals surface area contributed by atoms with Gasteiger partial charge in [-0.05, 0) is 30.7 Å². The van der Waals surface area contributed by atoms with Gasteiger partial charge in [0.15, 0.2) is 5.69 Å². The molecule has 18 heavy (non-hydrogen) atoms. The number of carbonyl (C=O) groups is 1. The van der Waals surface area contributed by atoms with Crippen LogP contribution in [0.25, 0.3) is 0 Å². The van der Waals surface area contributed by atoms with E-state index in [2.05, 4.69) is 34.6 Å². The number of thiophene rings is 1. The molecule has 0 saturated carbocycles. The molecule has 2 heterocycles. The molecule has 0 aromatic carbocycles. The van der Waals surface area contributed by atoms with E-state index in [1.165, 1.54) is 15.8 Å². The van der Waals surface area contributed by atoms with Gasteiger partial charge in [0.05, 0.1) is 6.54 Å². The van der Waals surface area contributed by atoms with E-state index in [9.17, 15) is 4.79 Å². The van der Waals surface area contributed by atoms with Crippen molar-refractivity contribution in [3.05, 3.63) is 39.7 Å². The molecule has 0 fully saturated rings. The van der Waals surface area contributed by atoms with Crippen LogP contribution in [0.3, 0.4) is 0 Å². The summed E-state index contributed by atoms with van der Waals surface area (Å²) in [5, 5.41) is 19.2. The average molecular weight is 263 g/mol. The molecule has 0 saturated heterocycles. The second-order valence-electron chi connectivity index (χ2n) is 3.68. The summed E-state index contributed by atoms with van der Waals surface area (Å²) in [6.45, 7) is 2.80. The Balaban J connectivity index is 1.95. The summed E-state index contributed by atoms with van der Waals surface area (Å²) in [4.78, 5) is 13.2. The van der Waals surface area contributed by atoms with Gasteiger partial charge in [-0.15, -0.1) is 21.5 Å². The molecule has 2 rings (SSSR count). The molecule has 0 spiro atoms. The quantitative estimate of drug-likeness (QED) is 0.866. The van der Waals surface area contributed by atoms with E-state index < -0.39 is 5.97 Å². The fourth-order valence-corrected chi connectivity index (χ4v) is 2.32. The highest BCUT2D eigenvalue weighted by molar-refractivity contribution is 7.12. The lowest BCUT2D eigenvalue weighted by Gasteiger charge is -2.02. The highest BCUT2D eigenvalue weighted by Gasteiger charge is 2.05. The van der Waals surface area contributed by atoms with Crippen LogP contribution in [-0.2, 0) is 13.0 Å². The van der Waals surface area contributed by atoms with Gasteiger partial charge >= 0.3 is 5.97 Å². The minimum atomic E-state index is -1.07. The minimum absolute atomic E-state index is 0.0510. The molecular weight excluding hydrogens is 250 g/mol. The van der Waals surface area contributed by atoms with Crippen molar-refractivity contribution >= 4 is 23.1 Å². The molecule has 0 aliphatic carbocycles. The van der Waals surface area contributed by atoms with Crippen LogP contribution in [0.1, 0.15) is 27.2 Å². The number of carboxylic acids is 1. The Kier molecular flexibility index (Phi) is 3.88. The lowest BCUT2D eigenvalue weighted by atomic mass is 10.3. The SMILES string of the molecule is CCc1ccc(CNc2ccc(C(=O)O)nn2)s1. The van der Waals surface area contributed by atoms with E-state index in [0.717, 1.165) is 6.42 Å². The molecule has 6 heteroatoms.